The van der Waals surface area contributed by atoms with Crippen molar-refractivity contribution in [2.45, 2.75) is 22.5 Å². The van der Waals surface area contributed by atoms with E-state index in [9.17, 15) is 18.5 Å². The molecule has 8 heteroatoms. The van der Waals surface area contributed by atoms with Crippen LogP contribution in [0.15, 0.2) is 92.4 Å². The lowest BCUT2D eigenvalue weighted by molar-refractivity contribution is -0.384. The third kappa shape index (κ3) is 4.90. The second-order valence-corrected chi connectivity index (χ2v) is 9.62. The van der Waals surface area contributed by atoms with Crippen LogP contribution in [-0.2, 0) is 26.5 Å². The Kier molecular flexibility index (Phi) is 6.01. The van der Waals surface area contributed by atoms with Crippen LogP contribution in [0.2, 0.25) is 0 Å². The molecule has 3 aromatic rings. The van der Waals surface area contributed by atoms with Crippen LogP contribution in [0, 0.1) is 17.0 Å². The van der Waals surface area contributed by atoms with Crippen LogP contribution in [-0.4, -0.2) is 13.3 Å². The molecule has 0 saturated carbocycles. The first kappa shape index (κ1) is 19.9. The number of rotatable bonds is 6. The van der Waals surface area contributed by atoms with Gasteiger partial charge in [0.25, 0.3) is 15.7 Å². The average Bonchev–Trinajstić information content (AvgIpc) is 2.69. The summed E-state index contributed by atoms with van der Waals surface area (Å²) in [6.45, 7) is 1.89. The largest absolute Gasteiger partial charge is 0.288 e. The molecule has 144 valence electrons. The first-order chi connectivity index (χ1) is 13.3. The van der Waals surface area contributed by atoms with Gasteiger partial charge in [0.1, 0.15) is 0 Å². The van der Waals surface area contributed by atoms with Crippen molar-refractivity contribution < 1.29 is 13.3 Å². The molecule has 0 aliphatic heterocycles. The summed E-state index contributed by atoms with van der Waals surface area (Å²) < 4.78 is 29.8. The molecule has 0 amide bonds. The van der Waals surface area contributed by atoms with Gasteiger partial charge in [0.15, 0.2) is 0 Å². The highest BCUT2D eigenvalue weighted by Gasteiger charge is 2.16. The van der Waals surface area contributed by atoms with Crippen LogP contribution in [0.1, 0.15) is 11.1 Å². The highest BCUT2D eigenvalue weighted by Crippen LogP contribution is 2.21. The van der Waals surface area contributed by atoms with Gasteiger partial charge >= 0.3 is 0 Å². The van der Waals surface area contributed by atoms with Gasteiger partial charge in [0.05, 0.1) is 9.82 Å². The Morgan fingerprint density at radius 3 is 2.11 bits per heavy atom. The fourth-order valence-corrected chi connectivity index (χ4v) is 5.95. The van der Waals surface area contributed by atoms with Crippen LogP contribution in [0.4, 0.5) is 5.69 Å². The second kappa shape index (κ2) is 8.45. The molecule has 3 rings (SSSR count). The molecular weight excluding hydrogens is 396 g/mol. The zero-order chi connectivity index (χ0) is 20.1. The molecule has 28 heavy (non-hydrogen) atoms. The molecule has 0 N–H and O–H groups in total. The zero-order valence-electron chi connectivity index (χ0n) is 15.1. The van der Waals surface area contributed by atoms with Crippen LogP contribution in [0.5, 0.6) is 0 Å². The molecule has 1 atom stereocenters. The Balaban J connectivity index is 2.01. The Bertz CT molecular complexity index is 1110. The normalized spacial score (nSPS) is 12.6. The SMILES string of the molecule is Cc1ccc(S(=O)(=O)/N=S(/Cc2ccc([N+](=O)[O-])cc2)c2ccccc2)cc1. The topological polar surface area (TPSA) is 89.6 Å². The van der Waals surface area contributed by atoms with Gasteiger partial charge in [-0.25, -0.2) is 0 Å². The molecule has 1 unspecified atom stereocenters. The first-order valence-corrected chi connectivity index (χ1v) is 11.2. The van der Waals surface area contributed by atoms with Crippen molar-refractivity contribution in [1.29, 1.82) is 0 Å². The maximum Gasteiger partial charge on any atom is 0.288 e. The highest BCUT2D eigenvalue weighted by molar-refractivity contribution is 7.99. The van der Waals surface area contributed by atoms with E-state index in [-0.39, 0.29) is 10.6 Å². The lowest BCUT2D eigenvalue weighted by atomic mass is 10.2. The summed E-state index contributed by atoms with van der Waals surface area (Å²) in [7, 11) is -4.80. The summed E-state index contributed by atoms with van der Waals surface area (Å²) in [4.78, 5) is 11.3. The zero-order valence-corrected chi connectivity index (χ0v) is 16.7. The van der Waals surface area contributed by atoms with Gasteiger partial charge in [-0.3, -0.25) is 10.1 Å². The number of nitrogens with zero attached hydrogens (tertiary/aromatic N) is 2. The van der Waals surface area contributed by atoms with Crippen molar-refractivity contribution in [2.75, 3.05) is 0 Å². The number of nitro groups is 1. The van der Waals surface area contributed by atoms with Crippen LogP contribution in [0.3, 0.4) is 0 Å². The van der Waals surface area contributed by atoms with Crippen molar-refractivity contribution in [3.8, 4) is 0 Å². The van der Waals surface area contributed by atoms with Gasteiger partial charge < -0.3 is 0 Å². The predicted molar refractivity (Wildman–Crippen MR) is 110 cm³/mol. The van der Waals surface area contributed by atoms with E-state index in [1.165, 1.54) is 12.1 Å². The predicted octanol–water partition coefficient (Wildman–Crippen LogP) is 4.65. The quantitative estimate of drug-likeness (QED) is 0.434. The maximum absolute atomic E-state index is 12.8. The van der Waals surface area contributed by atoms with Crippen LogP contribution < -0.4 is 0 Å². The minimum absolute atomic E-state index is 0.00689. The van der Waals surface area contributed by atoms with Crippen molar-refractivity contribution in [2.24, 2.45) is 3.77 Å². The van der Waals surface area contributed by atoms with E-state index in [2.05, 4.69) is 3.77 Å². The number of non-ortho nitro benzene ring substituents is 1. The third-order valence-corrected chi connectivity index (χ3v) is 7.77. The number of hydrogen-bond donors (Lipinski definition) is 0. The van der Waals surface area contributed by atoms with E-state index in [4.69, 9.17) is 0 Å². The van der Waals surface area contributed by atoms with E-state index in [0.29, 0.717) is 5.75 Å². The van der Waals surface area contributed by atoms with Crippen molar-refractivity contribution in [1.82, 2.24) is 0 Å². The summed E-state index contributed by atoms with van der Waals surface area (Å²) in [6.07, 6.45) is 0. The van der Waals surface area contributed by atoms with Crippen LogP contribution >= 0.6 is 0 Å². The number of hydrogen-bond acceptors (Lipinski definition) is 4. The van der Waals surface area contributed by atoms with E-state index >= 15 is 0 Å². The number of nitro benzene ring substituents is 1. The minimum Gasteiger partial charge on any atom is -0.258 e. The van der Waals surface area contributed by atoms with Gasteiger partial charge in [0.2, 0.25) is 0 Å². The molecule has 3 aromatic carbocycles. The van der Waals surface area contributed by atoms with Crippen LogP contribution in [0.25, 0.3) is 0 Å². The van der Waals surface area contributed by atoms with E-state index in [1.54, 1.807) is 36.4 Å². The van der Waals surface area contributed by atoms with Gasteiger partial charge in [0, 0.05) is 22.8 Å². The molecule has 0 aliphatic carbocycles. The maximum atomic E-state index is 12.8. The van der Waals surface area contributed by atoms with Crippen molar-refractivity contribution >= 4 is 26.4 Å². The molecule has 0 spiro atoms. The monoisotopic (exact) mass is 414 g/mol. The standard InChI is InChI=1S/C20H18N2O4S2/c1-16-7-13-20(14-8-16)28(25,26)21-27(19-5-3-2-4-6-19)15-17-9-11-18(12-10-17)22(23)24/h2-14H,15H2,1H3. The molecule has 0 radical (unpaired) electrons. The molecule has 0 fully saturated rings. The molecular formula is C20H18N2O4S2. The molecule has 6 nitrogen and oxygen atoms in total. The molecule has 0 bridgehead atoms. The fraction of sp³-hybridized carbons (Fsp3) is 0.100. The minimum atomic E-state index is -3.84. The van der Waals surface area contributed by atoms with E-state index < -0.39 is 25.6 Å². The van der Waals surface area contributed by atoms with Crippen molar-refractivity contribution in [3.63, 3.8) is 0 Å². The number of aryl methyl sites for hydroxylation is 1. The summed E-state index contributed by atoms with van der Waals surface area (Å²) in [5.41, 5.74) is 1.74. The second-order valence-electron chi connectivity index (χ2n) is 6.11. The summed E-state index contributed by atoms with van der Waals surface area (Å²) in [6, 6.07) is 21.9. The summed E-state index contributed by atoms with van der Waals surface area (Å²) in [5.74, 6) is 0.340. The fourth-order valence-electron chi connectivity index (χ4n) is 2.47. The molecule has 0 aromatic heterocycles. The van der Waals surface area contributed by atoms with Gasteiger partial charge in [-0.15, -0.1) is 3.77 Å². The summed E-state index contributed by atoms with van der Waals surface area (Å²) in [5, 5.41) is 10.8. The van der Waals surface area contributed by atoms with Gasteiger partial charge in [-0.1, -0.05) is 48.0 Å². The lowest BCUT2D eigenvalue weighted by Crippen LogP contribution is -2.03. The lowest BCUT2D eigenvalue weighted by Gasteiger charge is -2.09. The molecule has 0 aliphatic rings. The highest BCUT2D eigenvalue weighted by atomic mass is 32.3. The first-order valence-electron chi connectivity index (χ1n) is 8.39. The van der Waals surface area contributed by atoms with Gasteiger partial charge in [-0.2, -0.15) is 8.42 Å². The molecule has 0 saturated heterocycles. The number of benzene rings is 3. The van der Waals surface area contributed by atoms with Gasteiger partial charge in [-0.05, 0) is 47.4 Å². The average molecular weight is 415 g/mol. The Morgan fingerprint density at radius 2 is 1.54 bits per heavy atom. The Labute approximate surface area is 166 Å². The van der Waals surface area contributed by atoms with E-state index in [0.717, 1.165) is 16.0 Å². The smallest absolute Gasteiger partial charge is 0.258 e. The molecule has 0 heterocycles. The summed E-state index contributed by atoms with van der Waals surface area (Å²) >= 11 is 0. The Hall–Kier alpha value is -2.84. The number of sulfonamides is 1. The third-order valence-electron chi connectivity index (χ3n) is 3.97. The van der Waals surface area contributed by atoms with Crippen molar-refractivity contribution in [3.05, 3.63) is 100 Å². The Morgan fingerprint density at radius 1 is 0.929 bits per heavy atom. The van der Waals surface area contributed by atoms with E-state index in [1.807, 2.05) is 37.3 Å².